The molecule has 1 heteroatoms. The second-order valence-electron chi connectivity index (χ2n) is 3.26. The Bertz CT molecular complexity index is 314. The highest BCUT2D eigenvalue weighted by Gasteiger charge is 1.91. The highest BCUT2D eigenvalue weighted by molar-refractivity contribution is 5.48. The van der Waals surface area contributed by atoms with Gasteiger partial charge >= 0.3 is 0 Å². The minimum atomic E-state index is 0.843. The molecule has 0 aliphatic carbocycles. The molecule has 0 aliphatic rings. The normalized spacial score (nSPS) is 10.1. The van der Waals surface area contributed by atoms with Gasteiger partial charge in [0, 0.05) is 19.3 Å². The monoisotopic (exact) mass is 199 g/mol. The van der Waals surface area contributed by atoms with Crippen LogP contribution in [0.3, 0.4) is 0 Å². The molecule has 0 saturated heterocycles. The molecule has 78 valence electrons. The molecular formula is C14H17N. The molecule has 0 aliphatic heterocycles. The van der Waals surface area contributed by atoms with Crippen LogP contribution in [0.2, 0.25) is 0 Å². The van der Waals surface area contributed by atoms with Gasteiger partial charge < -0.3 is 4.90 Å². The lowest BCUT2D eigenvalue weighted by atomic mass is 10.2. The zero-order chi connectivity index (χ0) is 10.9. The first kappa shape index (κ1) is 11.3. The zero-order valence-electron chi connectivity index (χ0n) is 8.97. The summed E-state index contributed by atoms with van der Waals surface area (Å²) in [5.41, 5.74) is 1.20. The van der Waals surface area contributed by atoms with Crippen LogP contribution in [0.4, 0.5) is 0 Å². The van der Waals surface area contributed by atoms with Gasteiger partial charge in [-0.1, -0.05) is 42.5 Å². The lowest BCUT2D eigenvalue weighted by Gasteiger charge is -2.15. The fraction of sp³-hybridized carbons (Fsp3) is 0.143. The lowest BCUT2D eigenvalue weighted by Crippen LogP contribution is -2.16. The van der Waals surface area contributed by atoms with Crippen LogP contribution >= 0.6 is 0 Å². The molecule has 0 fully saturated rings. The van der Waals surface area contributed by atoms with Crippen molar-refractivity contribution in [2.24, 2.45) is 0 Å². The van der Waals surface area contributed by atoms with Gasteiger partial charge in [0.15, 0.2) is 0 Å². The molecule has 0 atom stereocenters. The summed E-state index contributed by atoms with van der Waals surface area (Å²) in [7, 11) is 0. The first-order valence-electron chi connectivity index (χ1n) is 5.06. The molecule has 0 aromatic heterocycles. The lowest BCUT2D eigenvalue weighted by molar-refractivity contribution is 0.465. The molecule has 1 rings (SSSR count). The average molecular weight is 199 g/mol. The van der Waals surface area contributed by atoms with Crippen LogP contribution in [0.25, 0.3) is 6.08 Å². The predicted molar refractivity (Wildman–Crippen MR) is 67.4 cm³/mol. The Morgan fingerprint density at radius 1 is 1.00 bits per heavy atom. The summed E-state index contributed by atoms with van der Waals surface area (Å²) in [6, 6.07) is 10.2. The van der Waals surface area contributed by atoms with Gasteiger partial charge in [-0.15, -0.1) is 13.2 Å². The van der Waals surface area contributed by atoms with E-state index in [0.717, 1.165) is 13.1 Å². The summed E-state index contributed by atoms with van der Waals surface area (Å²) in [5, 5.41) is 0. The minimum Gasteiger partial charge on any atom is -0.370 e. The van der Waals surface area contributed by atoms with Crippen LogP contribution in [-0.2, 0) is 0 Å². The molecule has 0 saturated carbocycles. The van der Waals surface area contributed by atoms with Crippen LogP contribution in [0.5, 0.6) is 0 Å². The van der Waals surface area contributed by atoms with E-state index < -0.39 is 0 Å². The smallest absolute Gasteiger partial charge is 0.0354 e. The second kappa shape index (κ2) is 6.66. The summed E-state index contributed by atoms with van der Waals surface area (Å²) >= 11 is 0. The average Bonchev–Trinajstić information content (AvgIpc) is 2.28. The first-order chi connectivity index (χ1) is 7.36. The molecule has 1 nitrogen and oxygen atoms in total. The Morgan fingerprint density at radius 3 is 2.13 bits per heavy atom. The zero-order valence-corrected chi connectivity index (χ0v) is 8.97. The van der Waals surface area contributed by atoms with Crippen molar-refractivity contribution >= 4 is 6.08 Å². The Kier molecular flexibility index (Phi) is 5.02. The van der Waals surface area contributed by atoms with E-state index in [2.05, 4.69) is 42.5 Å². The standard InChI is InChI=1S/C14H17N/c1-3-11-15(12-4-2)13-10-14-8-6-5-7-9-14/h3-10,13H,1-2,11-12H2/b13-10+. The molecule has 0 spiro atoms. The summed E-state index contributed by atoms with van der Waals surface area (Å²) < 4.78 is 0. The van der Waals surface area contributed by atoms with Gasteiger partial charge in [-0.05, 0) is 11.6 Å². The molecule has 1 aromatic rings. The van der Waals surface area contributed by atoms with Crippen molar-refractivity contribution in [2.75, 3.05) is 13.1 Å². The van der Waals surface area contributed by atoms with Crippen molar-refractivity contribution in [3.05, 3.63) is 67.4 Å². The maximum atomic E-state index is 3.73. The predicted octanol–water partition coefficient (Wildman–Crippen LogP) is 3.33. The fourth-order valence-electron chi connectivity index (χ4n) is 1.28. The fourth-order valence-corrected chi connectivity index (χ4v) is 1.28. The number of hydrogen-bond donors (Lipinski definition) is 0. The third-order valence-electron chi connectivity index (χ3n) is 2.00. The quantitative estimate of drug-likeness (QED) is 0.635. The van der Waals surface area contributed by atoms with Crippen molar-refractivity contribution in [2.45, 2.75) is 0 Å². The van der Waals surface area contributed by atoms with E-state index in [9.17, 15) is 0 Å². The number of hydrogen-bond acceptors (Lipinski definition) is 1. The molecule has 0 amide bonds. The van der Waals surface area contributed by atoms with Crippen LogP contribution in [0, 0.1) is 0 Å². The minimum absolute atomic E-state index is 0.843. The van der Waals surface area contributed by atoms with E-state index in [4.69, 9.17) is 0 Å². The molecule has 0 bridgehead atoms. The van der Waals surface area contributed by atoms with Gasteiger partial charge in [0.25, 0.3) is 0 Å². The van der Waals surface area contributed by atoms with Crippen LogP contribution in [0.15, 0.2) is 61.8 Å². The molecule has 0 unspecified atom stereocenters. The van der Waals surface area contributed by atoms with Crippen LogP contribution in [-0.4, -0.2) is 18.0 Å². The Morgan fingerprint density at radius 2 is 1.60 bits per heavy atom. The van der Waals surface area contributed by atoms with Crippen LogP contribution in [0.1, 0.15) is 5.56 Å². The van der Waals surface area contributed by atoms with Gasteiger partial charge in [0.05, 0.1) is 0 Å². The van der Waals surface area contributed by atoms with Crippen molar-refractivity contribution in [3.63, 3.8) is 0 Å². The summed E-state index contributed by atoms with van der Waals surface area (Å²) in [4.78, 5) is 2.15. The number of rotatable bonds is 6. The van der Waals surface area contributed by atoms with Gasteiger partial charge in [0.2, 0.25) is 0 Å². The topological polar surface area (TPSA) is 3.24 Å². The highest BCUT2D eigenvalue weighted by atomic mass is 15.1. The molecule has 0 heterocycles. The summed E-state index contributed by atoms with van der Waals surface area (Å²) in [6.07, 6.45) is 7.93. The van der Waals surface area contributed by atoms with Gasteiger partial charge in [-0.2, -0.15) is 0 Å². The van der Waals surface area contributed by atoms with E-state index in [0.29, 0.717) is 0 Å². The van der Waals surface area contributed by atoms with Gasteiger partial charge in [0.1, 0.15) is 0 Å². The van der Waals surface area contributed by atoms with Crippen molar-refractivity contribution < 1.29 is 0 Å². The van der Waals surface area contributed by atoms with E-state index >= 15 is 0 Å². The molecule has 0 N–H and O–H groups in total. The maximum Gasteiger partial charge on any atom is 0.0354 e. The Balaban J connectivity index is 2.60. The Hall–Kier alpha value is -1.76. The molecular weight excluding hydrogens is 182 g/mol. The van der Waals surface area contributed by atoms with Crippen molar-refractivity contribution in [3.8, 4) is 0 Å². The Labute approximate surface area is 92.0 Å². The first-order valence-corrected chi connectivity index (χ1v) is 5.06. The van der Waals surface area contributed by atoms with E-state index in [1.54, 1.807) is 0 Å². The molecule has 0 radical (unpaired) electrons. The SMILES string of the molecule is C=CCN(/C=C/c1ccccc1)CC=C. The highest BCUT2D eigenvalue weighted by Crippen LogP contribution is 2.02. The largest absolute Gasteiger partial charge is 0.370 e. The maximum absolute atomic E-state index is 3.73. The van der Waals surface area contributed by atoms with E-state index in [-0.39, 0.29) is 0 Å². The summed E-state index contributed by atoms with van der Waals surface area (Å²) in [6.45, 7) is 9.14. The van der Waals surface area contributed by atoms with Crippen molar-refractivity contribution in [1.82, 2.24) is 4.90 Å². The number of nitrogens with zero attached hydrogens (tertiary/aromatic N) is 1. The van der Waals surface area contributed by atoms with Gasteiger partial charge in [-0.3, -0.25) is 0 Å². The summed E-state index contributed by atoms with van der Waals surface area (Å²) in [5.74, 6) is 0. The molecule has 15 heavy (non-hydrogen) atoms. The third kappa shape index (κ3) is 4.32. The number of benzene rings is 1. The van der Waals surface area contributed by atoms with Crippen molar-refractivity contribution in [1.29, 1.82) is 0 Å². The van der Waals surface area contributed by atoms with E-state index in [1.807, 2.05) is 30.4 Å². The van der Waals surface area contributed by atoms with Crippen LogP contribution < -0.4 is 0 Å². The van der Waals surface area contributed by atoms with E-state index in [1.165, 1.54) is 5.56 Å². The molecule has 1 aromatic carbocycles. The van der Waals surface area contributed by atoms with Gasteiger partial charge in [-0.25, -0.2) is 0 Å². The third-order valence-corrected chi connectivity index (χ3v) is 2.00. The second-order valence-corrected chi connectivity index (χ2v) is 3.26.